The zero-order valence-corrected chi connectivity index (χ0v) is 16.8. The quantitative estimate of drug-likeness (QED) is 0.605. The molecule has 1 amide bonds. The van der Waals surface area contributed by atoms with Crippen molar-refractivity contribution < 1.29 is 4.79 Å². The monoisotopic (exact) mass is 397 g/mol. The molecule has 2 heterocycles. The van der Waals surface area contributed by atoms with Crippen molar-refractivity contribution in [2.24, 2.45) is 9.98 Å². The molecule has 1 atom stereocenters. The first kappa shape index (κ1) is 17.9. The number of benzene rings is 3. The van der Waals surface area contributed by atoms with Gasteiger partial charge in [-0.2, -0.15) is 0 Å². The van der Waals surface area contributed by atoms with Crippen LogP contribution < -0.4 is 0 Å². The van der Waals surface area contributed by atoms with E-state index in [9.17, 15) is 4.79 Å². The predicted molar refractivity (Wildman–Crippen MR) is 119 cm³/mol. The third-order valence-electron chi connectivity index (χ3n) is 5.07. The van der Waals surface area contributed by atoms with Crippen LogP contribution in [0.3, 0.4) is 0 Å². The first-order valence-corrected chi connectivity index (χ1v) is 10.5. The molecule has 5 heteroatoms. The summed E-state index contributed by atoms with van der Waals surface area (Å²) in [4.78, 5) is 24.6. The second-order valence-corrected chi connectivity index (χ2v) is 8.07. The molecule has 3 aromatic carbocycles. The number of carbonyl (C=O) groups is 1. The summed E-state index contributed by atoms with van der Waals surface area (Å²) >= 11 is 1.57. The zero-order valence-electron chi connectivity index (χ0n) is 15.9. The van der Waals surface area contributed by atoms with Gasteiger partial charge in [0.05, 0.1) is 5.69 Å². The third-order valence-corrected chi connectivity index (χ3v) is 6.08. The summed E-state index contributed by atoms with van der Waals surface area (Å²) in [6, 6.07) is 25.5. The number of aliphatic imine (C=N–C) groups is 2. The maximum absolute atomic E-state index is 13.3. The van der Waals surface area contributed by atoms with Crippen LogP contribution >= 0.6 is 11.8 Å². The molecule has 29 heavy (non-hydrogen) atoms. The van der Waals surface area contributed by atoms with Gasteiger partial charge in [0.25, 0.3) is 5.91 Å². The number of hydrogen-bond donors (Lipinski definition) is 0. The molecule has 3 aromatic rings. The van der Waals surface area contributed by atoms with E-state index >= 15 is 0 Å². The van der Waals surface area contributed by atoms with E-state index in [1.807, 2.05) is 54.6 Å². The Hall–Kier alpha value is -3.18. The number of aryl methyl sites for hydroxylation is 1. The average Bonchev–Trinajstić information content (AvgIpc) is 3.11. The molecule has 0 aliphatic carbocycles. The standard InChI is InChI=1S/C24H19N3OS/c1-16-11-13-17(14-12-16)15-29-24-25-20-10-6-5-9-19(20)22-26-21(23(28)27(22)24)18-7-3-2-4-8-18/h2-14,21H,15H2,1H3/t21-/m0/s1. The van der Waals surface area contributed by atoms with E-state index in [1.165, 1.54) is 11.1 Å². The van der Waals surface area contributed by atoms with Crippen molar-refractivity contribution in [1.82, 2.24) is 4.90 Å². The lowest BCUT2D eigenvalue weighted by Crippen LogP contribution is -2.39. The molecule has 0 radical (unpaired) electrons. The molecule has 0 fully saturated rings. The Morgan fingerprint density at radius 2 is 1.66 bits per heavy atom. The van der Waals surface area contributed by atoms with Crippen LogP contribution in [0, 0.1) is 6.92 Å². The smallest absolute Gasteiger partial charge is 0.263 e. The molecule has 2 aliphatic heterocycles. The van der Waals surface area contributed by atoms with Crippen molar-refractivity contribution >= 4 is 34.4 Å². The first-order valence-electron chi connectivity index (χ1n) is 9.54. The zero-order chi connectivity index (χ0) is 19.8. The van der Waals surface area contributed by atoms with E-state index in [1.54, 1.807) is 16.7 Å². The van der Waals surface area contributed by atoms with Crippen LogP contribution in [0.5, 0.6) is 0 Å². The minimum Gasteiger partial charge on any atom is -0.271 e. The minimum atomic E-state index is -0.525. The van der Waals surface area contributed by atoms with Gasteiger partial charge in [-0.25, -0.2) is 14.9 Å². The summed E-state index contributed by atoms with van der Waals surface area (Å²) in [5.74, 6) is 1.39. The van der Waals surface area contributed by atoms with E-state index in [4.69, 9.17) is 9.98 Å². The Morgan fingerprint density at radius 1 is 0.931 bits per heavy atom. The molecular weight excluding hydrogens is 378 g/mol. The summed E-state index contributed by atoms with van der Waals surface area (Å²) < 4.78 is 0. The topological polar surface area (TPSA) is 45.0 Å². The SMILES string of the molecule is Cc1ccc(CSC2=Nc3ccccc3C3=N[C@@H](c4ccccc4)C(=O)N23)cc1. The molecule has 0 unspecified atom stereocenters. The minimum absolute atomic E-state index is 0.0455. The Morgan fingerprint density at radius 3 is 2.45 bits per heavy atom. The summed E-state index contributed by atoms with van der Waals surface area (Å²) in [5, 5.41) is 0.687. The molecule has 0 spiro atoms. The second-order valence-electron chi connectivity index (χ2n) is 7.13. The van der Waals surface area contributed by atoms with Gasteiger partial charge in [0, 0.05) is 11.3 Å². The fourth-order valence-electron chi connectivity index (χ4n) is 3.53. The van der Waals surface area contributed by atoms with Crippen molar-refractivity contribution in [2.45, 2.75) is 18.7 Å². The van der Waals surface area contributed by atoms with Crippen LogP contribution in [0.4, 0.5) is 5.69 Å². The van der Waals surface area contributed by atoms with Crippen LogP contribution in [0.25, 0.3) is 0 Å². The number of para-hydroxylation sites is 1. The highest BCUT2D eigenvalue weighted by Gasteiger charge is 2.41. The van der Waals surface area contributed by atoms with E-state index in [-0.39, 0.29) is 5.91 Å². The van der Waals surface area contributed by atoms with Gasteiger partial charge in [0.15, 0.2) is 11.2 Å². The van der Waals surface area contributed by atoms with Crippen LogP contribution in [-0.4, -0.2) is 21.8 Å². The van der Waals surface area contributed by atoms with Gasteiger partial charge < -0.3 is 0 Å². The summed E-state index contributed by atoms with van der Waals surface area (Å²) in [6.45, 7) is 2.08. The highest BCUT2D eigenvalue weighted by molar-refractivity contribution is 8.13. The number of amides is 1. The number of hydrogen-bond acceptors (Lipinski definition) is 4. The number of thioether (sulfide) groups is 1. The van der Waals surface area contributed by atoms with E-state index in [0.717, 1.165) is 22.6 Å². The number of carbonyl (C=O) groups excluding carboxylic acids is 1. The largest absolute Gasteiger partial charge is 0.271 e. The van der Waals surface area contributed by atoms with E-state index < -0.39 is 6.04 Å². The van der Waals surface area contributed by atoms with Crippen molar-refractivity contribution in [2.75, 3.05) is 0 Å². The Kier molecular flexibility index (Phi) is 4.52. The highest BCUT2D eigenvalue weighted by Crippen LogP contribution is 2.38. The Bertz CT molecular complexity index is 1140. The van der Waals surface area contributed by atoms with E-state index in [2.05, 4.69) is 31.2 Å². The second kappa shape index (κ2) is 7.33. The summed E-state index contributed by atoms with van der Waals surface area (Å²) in [6.07, 6.45) is 0. The number of amidine groups is 2. The van der Waals surface area contributed by atoms with Crippen molar-refractivity contribution in [1.29, 1.82) is 0 Å². The maximum atomic E-state index is 13.3. The molecule has 0 saturated carbocycles. The first-order chi connectivity index (χ1) is 14.2. The van der Waals surface area contributed by atoms with Gasteiger partial charge in [-0.1, -0.05) is 84.1 Å². The van der Waals surface area contributed by atoms with Gasteiger partial charge in [-0.05, 0) is 30.2 Å². The van der Waals surface area contributed by atoms with Gasteiger partial charge in [-0.15, -0.1) is 0 Å². The van der Waals surface area contributed by atoms with Crippen LogP contribution in [0.15, 0.2) is 88.8 Å². The number of fused-ring (bicyclic) bond motifs is 3. The number of rotatable bonds is 3. The van der Waals surface area contributed by atoms with Crippen LogP contribution in [0.1, 0.15) is 28.3 Å². The average molecular weight is 398 g/mol. The lowest BCUT2D eigenvalue weighted by atomic mass is 10.1. The van der Waals surface area contributed by atoms with Gasteiger partial charge >= 0.3 is 0 Å². The lowest BCUT2D eigenvalue weighted by molar-refractivity contribution is -0.124. The summed E-state index contributed by atoms with van der Waals surface area (Å²) in [7, 11) is 0. The fraction of sp³-hybridized carbons (Fsp3) is 0.125. The van der Waals surface area contributed by atoms with Crippen molar-refractivity contribution in [3.05, 3.63) is 101 Å². The lowest BCUT2D eigenvalue weighted by Gasteiger charge is -2.25. The molecular formula is C24H19N3OS. The van der Waals surface area contributed by atoms with Crippen LogP contribution in [-0.2, 0) is 10.5 Å². The molecule has 0 N–H and O–H groups in total. The maximum Gasteiger partial charge on any atom is 0.263 e. The molecule has 5 rings (SSSR count). The number of nitrogens with zero attached hydrogens (tertiary/aromatic N) is 3. The van der Waals surface area contributed by atoms with Gasteiger partial charge in [0.1, 0.15) is 5.84 Å². The Balaban J connectivity index is 1.51. The molecule has 4 nitrogen and oxygen atoms in total. The predicted octanol–water partition coefficient (Wildman–Crippen LogP) is 5.26. The van der Waals surface area contributed by atoms with Crippen molar-refractivity contribution in [3.8, 4) is 0 Å². The molecule has 142 valence electrons. The highest BCUT2D eigenvalue weighted by atomic mass is 32.2. The normalized spacial score (nSPS) is 17.5. The molecule has 2 aliphatic rings. The fourth-order valence-corrected chi connectivity index (χ4v) is 4.49. The van der Waals surface area contributed by atoms with Gasteiger partial charge in [-0.3, -0.25) is 4.79 Å². The van der Waals surface area contributed by atoms with Crippen LogP contribution in [0.2, 0.25) is 0 Å². The Labute approximate surface area is 174 Å². The van der Waals surface area contributed by atoms with E-state index in [0.29, 0.717) is 11.0 Å². The summed E-state index contributed by atoms with van der Waals surface area (Å²) in [5.41, 5.74) is 5.10. The van der Waals surface area contributed by atoms with Crippen molar-refractivity contribution in [3.63, 3.8) is 0 Å². The molecule has 0 aromatic heterocycles. The third kappa shape index (κ3) is 3.28. The molecule has 0 bridgehead atoms. The molecule has 0 saturated heterocycles. The van der Waals surface area contributed by atoms with Gasteiger partial charge in [0.2, 0.25) is 0 Å².